The topological polar surface area (TPSA) is 49.8 Å². The van der Waals surface area contributed by atoms with E-state index in [9.17, 15) is 4.79 Å². The number of carbonyl (C=O) groups excluding carboxylic acids is 1. The lowest BCUT2D eigenvalue weighted by atomic mass is 10.2. The van der Waals surface area contributed by atoms with Crippen molar-refractivity contribution in [3.05, 3.63) is 0 Å². The number of ether oxygens (including phenoxy) is 1. The second-order valence-electron chi connectivity index (χ2n) is 3.56. The van der Waals surface area contributed by atoms with E-state index < -0.39 is 11.7 Å². The monoisotopic (exact) mass is 185 g/mol. The number of hydrogen-bond acceptors (Lipinski definition) is 3. The molecule has 0 spiro atoms. The maximum Gasteiger partial charge on any atom is 0.434 e. The highest BCUT2D eigenvalue weighted by molar-refractivity contribution is 5.66. The van der Waals surface area contributed by atoms with Crippen molar-refractivity contribution in [1.29, 1.82) is 0 Å². The molecular formula is C9H15NO3. The number of amides is 1. The summed E-state index contributed by atoms with van der Waals surface area (Å²) >= 11 is 0. The van der Waals surface area contributed by atoms with Crippen LogP contribution in [-0.2, 0) is 4.74 Å². The lowest BCUT2D eigenvalue weighted by Gasteiger charge is -2.22. The van der Waals surface area contributed by atoms with Crippen LogP contribution in [0.3, 0.4) is 0 Å². The Morgan fingerprint density at radius 1 is 1.62 bits per heavy atom. The average Bonchev–Trinajstić information content (AvgIpc) is 1.96. The summed E-state index contributed by atoms with van der Waals surface area (Å²) in [6.45, 7) is 5.26. The molecule has 4 heteroatoms. The molecule has 0 unspecified atom stereocenters. The molecule has 0 aliphatic rings. The van der Waals surface area contributed by atoms with E-state index in [1.54, 1.807) is 20.8 Å². The van der Waals surface area contributed by atoms with Crippen molar-refractivity contribution in [3.63, 3.8) is 0 Å². The van der Waals surface area contributed by atoms with Crippen molar-refractivity contribution in [2.75, 3.05) is 6.54 Å². The van der Waals surface area contributed by atoms with Gasteiger partial charge in [0.05, 0.1) is 6.54 Å². The summed E-state index contributed by atoms with van der Waals surface area (Å²) in [6.07, 6.45) is 4.49. The van der Waals surface area contributed by atoms with E-state index in [1.165, 1.54) is 0 Å². The zero-order valence-electron chi connectivity index (χ0n) is 8.20. The summed E-state index contributed by atoms with van der Waals surface area (Å²) in [6, 6.07) is 0. The molecule has 4 nitrogen and oxygen atoms in total. The molecule has 0 radical (unpaired) electrons. The van der Waals surface area contributed by atoms with Crippen LogP contribution in [0.25, 0.3) is 0 Å². The van der Waals surface area contributed by atoms with Gasteiger partial charge in [-0.1, -0.05) is 0 Å². The fourth-order valence-corrected chi connectivity index (χ4v) is 0.576. The molecule has 0 saturated carbocycles. The summed E-state index contributed by atoms with van der Waals surface area (Å²) < 4.78 is 4.86. The third-order valence-corrected chi connectivity index (χ3v) is 1.07. The van der Waals surface area contributed by atoms with E-state index in [4.69, 9.17) is 16.4 Å². The Bertz CT molecular complexity index is 212. The van der Waals surface area contributed by atoms with Gasteiger partial charge in [0, 0.05) is 6.42 Å². The Hall–Kier alpha value is -1.21. The zero-order valence-corrected chi connectivity index (χ0v) is 8.20. The van der Waals surface area contributed by atoms with Crippen LogP contribution in [0.15, 0.2) is 0 Å². The molecule has 0 fully saturated rings. The Balaban J connectivity index is 3.91. The minimum atomic E-state index is -0.775. The van der Waals surface area contributed by atoms with Crippen LogP contribution in [0, 0.1) is 12.3 Å². The van der Waals surface area contributed by atoms with Gasteiger partial charge < -0.3 is 4.74 Å². The normalized spacial score (nSPS) is 10.4. The summed E-state index contributed by atoms with van der Waals surface area (Å²) in [5.41, 5.74) is -0.603. The largest absolute Gasteiger partial charge is 0.442 e. The van der Waals surface area contributed by atoms with Crippen LogP contribution in [0.5, 0.6) is 0 Å². The number of terminal acetylenes is 1. The number of rotatable bonds is 2. The highest BCUT2D eigenvalue weighted by atomic mass is 16.6. The van der Waals surface area contributed by atoms with Gasteiger partial charge in [-0.3, -0.25) is 5.21 Å². The molecule has 0 aromatic heterocycles. The Labute approximate surface area is 78.4 Å². The van der Waals surface area contributed by atoms with Gasteiger partial charge in [0.2, 0.25) is 0 Å². The maximum absolute atomic E-state index is 11.0. The molecular weight excluding hydrogens is 170 g/mol. The molecule has 0 aromatic carbocycles. The molecule has 0 aromatic rings. The summed E-state index contributed by atoms with van der Waals surface area (Å²) in [5.74, 6) is 2.31. The average molecular weight is 185 g/mol. The minimum absolute atomic E-state index is 0.0887. The van der Waals surface area contributed by atoms with E-state index in [-0.39, 0.29) is 6.54 Å². The van der Waals surface area contributed by atoms with Crippen molar-refractivity contribution < 1.29 is 14.7 Å². The predicted octanol–water partition coefficient (Wildman–Crippen LogP) is 1.64. The highest BCUT2D eigenvalue weighted by Crippen LogP contribution is 2.08. The molecule has 0 atom stereocenters. The Morgan fingerprint density at radius 3 is 2.54 bits per heavy atom. The fourth-order valence-electron chi connectivity index (χ4n) is 0.576. The summed E-state index contributed by atoms with van der Waals surface area (Å²) in [5, 5.41) is 9.55. The zero-order chi connectivity index (χ0) is 10.5. The second-order valence-corrected chi connectivity index (χ2v) is 3.56. The molecule has 13 heavy (non-hydrogen) atoms. The molecule has 0 rings (SSSR count). The van der Waals surface area contributed by atoms with Crippen molar-refractivity contribution >= 4 is 6.09 Å². The number of nitrogens with zero attached hydrogens (tertiary/aromatic N) is 1. The SMILES string of the molecule is C#CCCN(O)C(=O)OC(C)(C)C. The van der Waals surface area contributed by atoms with Crippen LogP contribution in [-0.4, -0.2) is 28.5 Å². The Kier molecular flexibility index (Phi) is 4.29. The minimum Gasteiger partial charge on any atom is -0.442 e. The third-order valence-electron chi connectivity index (χ3n) is 1.07. The second kappa shape index (κ2) is 4.73. The molecule has 0 heterocycles. The van der Waals surface area contributed by atoms with E-state index in [1.807, 2.05) is 0 Å². The number of hydroxylamine groups is 2. The standard InChI is InChI=1S/C9H15NO3/c1-5-6-7-10(12)8(11)13-9(2,3)4/h1,12H,6-7H2,2-4H3. The first-order valence-corrected chi connectivity index (χ1v) is 3.99. The van der Waals surface area contributed by atoms with Crippen LogP contribution in [0.2, 0.25) is 0 Å². The maximum atomic E-state index is 11.0. The van der Waals surface area contributed by atoms with E-state index in [2.05, 4.69) is 5.92 Å². The molecule has 0 aliphatic carbocycles. The van der Waals surface area contributed by atoms with Crippen LogP contribution >= 0.6 is 0 Å². The molecule has 0 bridgehead atoms. The quantitative estimate of drug-likeness (QED) is 0.404. The molecule has 1 N–H and O–H groups in total. The van der Waals surface area contributed by atoms with Gasteiger partial charge in [-0.05, 0) is 20.8 Å². The van der Waals surface area contributed by atoms with Gasteiger partial charge >= 0.3 is 6.09 Å². The third kappa shape index (κ3) is 6.00. The van der Waals surface area contributed by atoms with Crippen molar-refractivity contribution in [3.8, 4) is 12.3 Å². The van der Waals surface area contributed by atoms with Crippen LogP contribution < -0.4 is 0 Å². The smallest absolute Gasteiger partial charge is 0.434 e. The predicted molar refractivity (Wildman–Crippen MR) is 48.2 cm³/mol. The molecule has 74 valence electrons. The van der Waals surface area contributed by atoms with E-state index in [0.29, 0.717) is 11.5 Å². The van der Waals surface area contributed by atoms with E-state index >= 15 is 0 Å². The van der Waals surface area contributed by atoms with Crippen molar-refractivity contribution in [1.82, 2.24) is 5.06 Å². The van der Waals surface area contributed by atoms with Gasteiger partial charge in [0.25, 0.3) is 0 Å². The van der Waals surface area contributed by atoms with Crippen molar-refractivity contribution in [2.45, 2.75) is 32.8 Å². The molecule has 1 amide bonds. The number of hydrogen-bond donors (Lipinski definition) is 1. The summed E-state index contributed by atoms with van der Waals surface area (Å²) in [7, 11) is 0. The van der Waals surface area contributed by atoms with Gasteiger partial charge in [0.15, 0.2) is 0 Å². The molecule has 0 aliphatic heterocycles. The first kappa shape index (κ1) is 11.8. The number of carbonyl (C=O) groups is 1. The fraction of sp³-hybridized carbons (Fsp3) is 0.667. The summed E-state index contributed by atoms with van der Waals surface area (Å²) in [4.78, 5) is 11.0. The van der Waals surface area contributed by atoms with Crippen LogP contribution in [0.1, 0.15) is 27.2 Å². The molecule has 0 saturated heterocycles. The lowest BCUT2D eigenvalue weighted by Crippen LogP contribution is -2.35. The first-order valence-electron chi connectivity index (χ1n) is 3.99. The van der Waals surface area contributed by atoms with Crippen LogP contribution in [0.4, 0.5) is 4.79 Å². The lowest BCUT2D eigenvalue weighted by molar-refractivity contribution is -0.0924. The van der Waals surface area contributed by atoms with Gasteiger partial charge in [0.1, 0.15) is 5.60 Å². The van der Waals surface area contributed by atoms with Crippen molar-refractivity contribution in [2.24, 2.45) is 0 Å². The van der Waals surface area contributed by atoms with E-state index in [0.717, 1.165) is 0 Å². The highest BCUT2D eigenvalue weighted by Gasteiger charge is 2.20. The Morgan fingerprint density at radius 2 is 2.15 bits per heavy atom. The van der Waals surface area contributed by atoms with Gasteiger partial charge in [-0.15, -0.1) is 12.3 Å². The van der Waals surface area contributed by atoms with Gasteiger partial charge in [-0.25, -0.2) is 4.79 Å². The first-order chi connectivity index (χ1) is 5.87. The van der Waals surface area contributed by atoms with Gasteiger partial charge in [-0.2, -0.15) is 5.06 Å².